The fourth-order valence-electron chi connectivity index (χ4n) is 5.51. The lowest BCUT2D eigenvalue weighted by molar-refractivity contribution is -0.137. The zero-order valence-corrected chi connectivity index (χ0v) is 22.0. The molecule has 0 bridgehead atoms. The highest BCUT2D eigenvalue weighted by atomic mass is 35.5. The molecule has 0 radical (unpaired) electrons. The van der Waals surface area contributed by atoms with E-state index in [4.69, 9.17) is 28.0 Å². The SMILES string of the molecule is [C-]#[N+]c1cnc2c(c1)c(C(=O)CC(C)CC(=O)O)c(C1CCC(COCc3cccc(Cl)c3)CC1)n2C. The molecular weight excluding hydrogens is 490 g/mol. The molecule has 0 spiro atoms. The molecule has 0 aliphatic heterocycles. The molecule has 1 saturated carbocycles. The van der Waals surface area contributed by atoms with E-state index in [1.165, 1.54) is 6.20 Å². The second-order valence-electron chi connectivity index (χ2n) is 10.2. The van der Waals surface area contributed by atoms with Crippen LogP contribution in [0.4, 0.5) is 5.69 Å². The number of fused-ring (bicyclic) bond motifs is 1. The van der Waals surface area contributed by atoms with Crippen molar-refractivity contribution >= 4 is 40.1 Å². The molecule has 1 aliphatic rings. The lowest BCUT2D eigenvalue weighted by Crippen LogP contribution is -2.21. The summed E-state index contributed by atoms with van der Waals surface area (Å²) >= 11 is 6.06. The topological polar surface area (TPSA) is 85.8 Å². The van der Waals surface area contributed by atoms with E-state index < -0.39 is 5.97 Å². The summed E-state index contributed by atoms with van der Waals surface area (Å²) in [5.41, 5.74) is 3.69. The summed E-state index contributed by atoms with van der Waals surface area (Å²) in [5.74, 6) is -0.630. The Morgan fingerprint density at radius 1 is 1.24 bits per heavy atom. The van der Waals surface area contributed by atoms with E-state index in [1.54, 1.807) is 13.0 Å². The predicted molar refractivity (Wildman–Crippen MR) is 143 cm³/mol. The van der Waals surface area contributed by atoms with Crippen LogP contribution in [0.15, 0.2) is 36.5 Å². The molecule has 1 N–H and O–H groups in total. The lowest BCUT2D eigenvalue weighted by Gasteiger charge is -2.29. The monoisotopic (exact) mass is 521 g/mol. The smallest absolute Gasteiger partial charge is 0.303 e. The minimum absolute atomic E-state index is 0.0578. The summed E-state index contributed by atoms with van der Waals surface area (Å²) < 4.78 is 7.98. The minimum atomic E-state index is -0.911. The largest absolute Gasteiger partial charge is 0.481 e. The number of aryl methyl sites for hydroxylation is 1. The van der Waals surface area contributed by atoms with Crippen molar-refractivity contribution in [3.05, 3.63) is 69.8 Å². The van der Waals surface area contributed by atoms with E-state index >= 15 is 0 Å². The Morgan fingerprint density at radius 3 is 2.68 bits per heavy atom. The molecule has 1 atom stereocenters. The van der Waals surface area contributed by atoms with E-state index in [-0.39, 0.29) is 30.5 Å². The molecule has 3 aromatic rings. The number of aromatic nitrogens is 2. The molecule has 1 aromatic carbocycles. The van der Waals surface area contributed by atoms with Crippen LogP contribution in [0.1, 0.15) is 73.0 Å². The number of carboxylic acids is 1. The second kappa shape index (κ2) is 11.9. The standard InChI is InChI=1S/C29H32ClN3O4/c1-18(12-26(35)36)11-25(34)27-24-14-23(31-2)15-32-29(24)33(3)28(27)21-9-7-19(8-10-21)16-37-17-20-5-4-6-22(30)13-20/h4-6,13-15,18-19,21H,7-12,16-17H2,1,3H3,(H,35,36). The number of nitrogens with zero attached hydrogens (tertiary/aromatic N) is 3. The van der Waals surface area contributed by atoms with Gasteiger partial charge in [-0.2, -0.15) is 0 Å². The number of carboxylic acid groups (broad SMARTS) is 1. The van der Waals surface area contributed by atoms with Gasteiger partial charge in [-0.3, -0.25) is 9.59 Å². The first-order valence-corrected chi connectivity index (χ1v) is 13.1. The Kier molecular flexibility index (Phi) is 8.63. The molecule has 7 nitrogen and oxygen atoms in total. The van der Waals surface area contributed by atoms with Crippen LogP contribution in [0.3, 0.4) is 0 Å². The first-order valence-electron chi connectivity index (χ1n) is 12.7. The van der Waals surface area contributed by atoms with Crippen molar-refractivity contribution < 1.29 is 19.4 Å². The molecule has 8 heteroatoms. The summed E-state index contributed by atoms with van der Waals surface area (Å²) in [6.07, 6.45) is 5.46. The molecule has 2 heterocycles. The molecule has 1 fully saturated rings. The summed E-state index contributed by atoms with van der Waals surface area (Å²) in [4.78, 5) is 32.7. The van der Waals surface area contributed by atoms with Gasteiger partial charge in [-0.05, 0) is 61.3 Å². The maximum Gasteiger partial charge on any atom is 0.303 e. The number of carbonyl (C=O) groups is 2. The van der Waals surface area contributed by atoms with Gasteiger partial charge in [-0.25, -0.2) is 9.83 Å². The van der Waals surface area contributed by atoms with Gasteiger partial charge in [0.25, 0.3) is 0 Å². The number of hydrogen-bond acceptors (Lipinski definition) is 4. The van der Waals surface area contributed by atoms with Crippen LogP contribution in [-0.4, -0.2) is 33.0 Å². The van der Waals surface area contributed by atoms with Crippen molar-refractivity contribution in [1.29, 1.82) is 0 Å². The molecule has 0 saturated heterocycles. The summed E-state index contributed by atoms with van der Waals surface area (Å²) in [6, 6.07) is 9.44. The van der Waals surface area contributed by atoms with Gasteiger partial charge in [0.1, 0.15) is 5.65 Å². The van der Waals surface area contributed by atoms with Crippen molar-refractivity contribution in [1.82, 2.24) is 9.55 Å². The van der Waals surface area contributed by atoms with E-state index in [0.717, 1.165) is 36.9 Å². The Morgan fingerprint density at radius 2 is 2.00 bits per heavy atom. The average molecular weight is 522 g/mol. The van der Waals surface area contributed by atoms with E-state index in [9.17, 15) is 9.59 Å². The van der Waals surface area contributed by atoms with Gasteiger partial charge in [0.2, 0.25) is 5.69 Å². The van der Waals surface area contributed by atoms with Gasteiger partial charge in [0.05, 0.1) is 13.2 Å². The molecule has 4 rings (SSSR count). The summed E-state index contributed by atoms with van der Waals surface area (Å²) in [5, 5.41) is 10.5. The number of ketones is 1. The highest BCUT2D eigenvalue weighted by Crippen LogP contribution is 2.41. The molecule has 2 aromatic heterocycles. The van der Waals surface area contributed by atoms with Crippen LogP contribution < -0.4 is 0 Å². The normalized spacial score (nSPS) is 18.4. The zero-order chi connectivity index (χ0) is 26.5. The average Bonchev–Trinajstić information content (AvgIpc) is 3.15. The third kappa shape index (κ3) is 6.38. The maximum absolute atomic E-state index is 13.6. The van der Waals surface area contributed by atoms with Crippen LogP contribution in [-0.2, 0) is 23.2 Å². The van der Waals surface area contributed by atoms with Crippen LogP contribution >= 0.6 is 11.6 Å². The molecule has 194 valence electrons. The number of pyridine rings is 1. The Bertz CT molecular complexity index is 1330. The highest BCUT2D eigenvalue weighted by Gasteiger charge is 2.31. The van der Waals surface area contributed by atoms with Crippen molar-refractivity contribution in [2.75, 3.05) is 6.61 Å². The van der Waals surface area contributed by atoms with Crippen LogP contribution in [0.25, 0.3) is 15.9 Å². The van der Waals surface area contributed by atoms with Gasteiger partial charge in [-0.1, -0.05) is 30.7 Å². The number of halogens is 1. The zero-order valence-electron chi connectivity index (χ0n) is 21.2. The first-order chi connectivity index (χ1) is 17.8. The number of aliphatic carboxylic acids is 1. The van der Waals surface area contributed by atoms with E-state index in [2.05, 4.69) is 9.83 Å². The number of rotatable bonds is 10. The van der Waals surface area contributed by atoms with Gasteiger partial charge in [-0.15, -0.1) is 0 Å². The molecule has 1 aliphatic carbocycles. The fraction of sp³-hybridized carbons (Fsp3) is 0.448. The van der Waals surface area contributed by atoms with Crippen LogP contribution in [0.5, 0.6) is 0 Å². The fourth-order valence-corrected chi connectivity index (χ4v) is 5.72. The molecule has 1 unspecified atom stereocenters. The minimum Gasteiger partial charge on any atom is -0.481 e. The third-order valence-electron chi connectivity index (χ3n) is 7.27. The lowest BCUT2D eigenvalue weighted by atomic mass is 9.79. The summed E-state index contributed by atoms with van der Waals surface area (Å²) in [6.45, 7) is 10.4. The Labute approximate surface area is 222 Å². The van der Waals surface area contributed by atoms with Gasteiger partial charge >= 0.3 is 5.97 Å². The predicted octanol–water partition coefficient (Wildman–Crippen LogP) is 6.95. The molecule has 0 amide bonds. The molecular formula is C29H32ClN3O4. The molecule has 37 heavy (non-hydrogen) atoms. The first kappa shape index (κ1) is 26.8. The van der Waals surface area contributed by atoms with E-state index in [0.29, 0.717) is 46.4 Å². The maximum atomic E-state index is 13.6. The number of Topliss-reactive ketones (excluding diaryl/α,β-unsaturated/α-hetero) is 1. The van der Waals surface area contributed by atoms with Crippen molar-refractivity contribution in [3.8, 4) is 0 Å². The van der Waals surface area contributed by atoms with Gasteiger partial charge in [0.15, 0.2) is 5.78 Å². The second-order valence-corrected chi connectivity index (χ2v) is 10.6. The highest BCUT2D eigenvalue weighted by molar-refractivity contribution is 6.30. The van der Waals surface area contributed by atoms with Crippen LogP contribution in [0.2, 0.25) is 5.02 Å². The van der Waals surface area contributed by atoms with E-state index in [1.807, 2.05) is 35.9 Å². The van der Waals surface area contributed by atoms with Gasteiger partial charge in [0, 0.05) is 60.3 Å². The number of benzene rings is 1. The van der Waals surface area contributed by atoms with Crippen LogP contribution in [0, 0.1) is 18.4 Å². The third-order valence-corrected chi connectivity index (χ3v) is 7.50. The number of ether oxygens (including phenoxy) is 1. The number of carbonyl (C=O) groups excluding carboxylic acids is 1. The van der Waals surface area contributed by atoms with Crippen molar-refractivity contribution in [2.24, 2.45) is 18.9 Å². The quantitative estimate of drug-likeness (QED) is 0.230. The summed E-state index contributed by atoms with van der Waals surface area (Å²) in [7, 11) is 1.93. The van der Waals surface area contributed by atoms with Crippen molar-refractivity contribution in [2.45, 2.75) is 58.0 Å². The Hall–Kier alpha value is -3.21. The van der Waals surface area contributed by atoms with Gasteiger partial charge < -0.3 is 14.4 Å². The Balaban J connectivity index is 1.51. The number of hydrogen-bond donors (Lipinski definition) is 1. The van der Waals surface area contributed by atoms with Crippen molar-refractivity contribution in [3.63, 3.8) is 0 Å².